The Morgan fingerprint density at radius 1 is 1.47 bits per heavy atom. The van der Waals surface area contributed by atoms with E-state index in [0.29, 0.717) is 11.8 Å². The zero-order valence-electron chi connectivity index (χ0n) is 10.4. The maximum Gasteiger partial charge on any atom is 0.241 e. The zero-order valence-corrected chi connectivity index (χ0v) is 10.4. The van der Waals surface area contributed by atoms with Gasteiger partial charge in [0.15, 0.2) is 0 Å². The molecule has 1 saturated heterocycles. The number of hydrogen-bond donors (Lipinski definition) is 1. The van der Waals surface area contributed by atoms with Gasteiger partial charge in [-0.15, -0.1) is 0 Å². The monoisotopic (exact) mass is 212 g/mol. The summed E-state index contributed by atoms with van der Waals surface area (Å²) >= 11 is 0. The molecular weight excluding hydrogens is 188 g/mol. The van der Waals surface area contributed by atoms with E-state index in [9.17, 15) is 4.79 Å². The normalized spacial score (nSPS) is 28.5. The second-order valence-corrected chi connectivity index (χ2v) is 4.59. The Morgan fingerprint density at radius 3 is 2.67 bits per heavy atom. The number of amides is 1. The Morgan fingerprint density at radius 2 is 2.13 bits per heavy atom. The smallest absolute Gasteiger partial charge is 0.241 e. The second-order valence-electron chi connectivity index (χ2n) is 4.59. The summed E-state index contributed by atoms with van der Waals surface area (Å²) in [6.45, 7) is 9.42. The van der Waals surface area contributed by atoms with Gasteiger partial charge in [-0.2, -0.15) is 0 Å². The lowest BCUT2D eigenvalue weighted by atomic mass is 9.99. The van der Waals surface area contributed by atoms with E-state index >= 15 is 0 Å². The van der Waals surface area contributed by atoms with Crippen LogP contribution in [-0.2, 0) is 4.79 Å². The topological polar surface area (TPSA) is 32.3 Å². The molecule has 1 heterocycles. The predicted octanol–water partition coefficient (Wildman–Crippen LogP) is 1.98. The standard InChI is InChI=1S/C12H24N2O/c1-5-7-8-14-10(4)13-11(12(14)15)9(3)6-2/h9-11,13H,5-8H2,1-4H3. The first-order chi connectivity index (χ1) is 7.11. The summed E-state index contributed by atoms with van der Waals surface area (Å²) in [5.41, 5.74) is 0. The molecule has 0 aromatic rings. The Bertz CT molecular complexity index is 218. The average molecular weight is 212 g/mol. The molecule has 1 rings (SSSR count). The number of carbonyl (C=O) groups excluding carboxylic acids is 1. The Balaban J connectivity index is 2.57. The van der Waals surface area contributed by atoms with Crippen LogP contribution in [0.4, 0.5) is 0 Å². The fourth-order valence-electron chi connectivity index (χ4n) is 2.07. The molecule has 3 heteroatoms. The van der Waals surface area contributed by atoms with Gasteiger partial charge in [-0.05, 0) is 19.3 Å². The summed E-state index contributed by atoms with van der Waals surface area (Å²) in [6, 6.07) is 0.0434. The molecule has 0 aromatic heterocycles. The highest BCUT2D eigenvalue weighted by Crippen LogP contribution is 2.19. The molecule has 1 fully saturated rings. The molecule has 0 aromatic carbocycles. The summed E-state index contributed by atoms with van der Waals surface area (Å²) in [4.78, 5) is 14.1. The molecule has 1 N–H and O–H groups in total. The van der Waals surface area contributed by atoms with Crippen molar-refractivity contribution in [2.24, 2.45) is 5.92 Å². The molecule has 0 bridgehead atoms. The number of hydrogen-bond acceptors (Lipinski definition) is 2. The predicted molar refractivity (Wildman–Crippen MR) is 62.5 cm³/mol. The first-order valence-electron chi connectivity index (χ1n) is 6.18. The third-order valence-corrected chi connectivity index (χ3v) is 3.40. The van der Waals surface area contributed by atoms with Crippen LogP contribution in [0.25, 0.3) is 0 Å². The molecule has 0 saturated carbocycles. The van der Waals surface area contributed by atoms with Gasteiger partial charge in [-0.1, -0.05) is 33.6 Å². The fourth-order valence-corrected chi connectivity index (χ4v) is 2.07. The van der Waals surface area contributed by atoms with E-state index in [4.69, 9.17) is 0 Å². The molecule has 3 atom stereocenters. The maximum absolute atomic E-state index is 12.1. The van der Waals surface area contributed by atoms with Gasteiger partial charge in [0.2, 0.25) is 5.91 Å². The minimum absolute atomic E-state index is 0.0434. The maximum atomic E-state index is 12.1. The van der Waals surface area contributed by atoms with Crippen LogP contribution in [-0.4, -0.2) is 29.6 Å². The van der Waals surface area contributed by atoms with Gasteiger partial charge in [0.1, 0.15) is 0 Å². The lowest BCUT2D eigenvalue weighted by molar-refractivity contribution is -0.130. The van der Waals surface area contributed by atoms with E-state index in [1.165, 1.54) is 0 Å². The van der Waals surface area contributed by atoms with Crippen LogP contribution in [0.5, 0.6) is 0 Å². The van der Waals surface area contributed by atoms with Crippen molar-refractivity contribution in [3.8, 4) is 0 Å². The van der Waals surface area contributed by atoms with Crippen molar-refractivity contribution >= 4 is 5.91 Å². The molecule has 0 radical (unpaired) electrons. The molecule has 1 aliphatic rings. The molecular formula is C12H24N2O. The summed E-state index contributed by atoms with van der Waals surface area (Å²) in [6.07, 6.45) is 3.51. The van der Waals surface area contributed by atoms with Crippen molar-refractivity contribution in [3.63, 3.8) is 0 Å². The van der Waals surface area contributed by atoms with Crippen LogP contribution in [0.1, 0.15) is 47.0 Å². The molecule has 88 valence electrons. The van der Waals surface area contributed by atoms with Crippen LogP contribution in [0, 0.1) is 5.92 Å². The molecule has 0 aliphatic carbocycles. The number of nitrogens with one attached hydrogen (secondary N) is 1. The minimum Gasteiger partial charge on any atom is -0.326 e. The molecule has 3 unspecified atom stereocenters. The van der Waals surface area contributed by atoms with Crippen LogP contribution >= 0.6 is 0 Å². The SMILES string of the molecule is CCCCN1C(=O)C(C(C)CC)NC1C. The number of rotatable bonds is 5. The van der Waals surface area contributed by atoms with Gasteiger partial charge < -0.3 is 4.90 Å². The van der Waals surface area contributed by atoms with Gasteiger partial charge in [0, 0.05) is 6.54 Å². The van der Waals surface area contributed by atoms with Gasteiger partial charge in [-0.3, -0.25) is 10.1 Å². The molecule has 0 spiro atoms. The van der Waals surface area contributed by atoms with Crippen molar-refractivity contribution in [1.29, 1.82) is 0 Å². The number of carbonyl (C=O) groups is 1. The lowest BCUT2D eigenvalue weighted by Gasteiger charge is -2.20. The van der Waals surface area contributed by atoms with Crippen molar-refractivity contribution in [1.82, 2.24) is 10.2 Å². The highest BCUT2D eigenvalue weighted by Gasteiger charge is 2.38. The van der Waals surface area contributed by atoms with E-state index in [2.05, 4.69) is 33.0 Å². The van der Waals surface area contributed by atoms with Gasteiger partial charge in [-0.25, -0.2) is 0 Å². The Kier molecular flexibility index (Phi) is 4.58. The van der Waals surface area contributed by atoms with Gasteiger partial charge in [0.05, 0.1) is 12.2 Å². The van der Waals surface area contributed by atoms with Crippen LogP contribution in [0.2, 0.25) is 0 Å². The highest BCUT2D eigenvalue weighted by atomic mass is 16.2. The van der Waals surface area contributed by atoms with Crippen LogP contribution in [0.15, 0.2) is 0 Å². The van der Waals surface area contributed by atoms with E-state index in [1.807, 2.05) is 4.90 Å². The van der Waals surface area contributed by atoms with E-state index < -0.39 is 0 Å². The summed E-state index contributed by atoms with van der Waals surface area (Å²) in [5.74, 6) is 0.733. The summed E-state index contributed by atoms with van der Waals surface area (Å²) in [5, 5.41) is 3.39. The number of nitrogens with zero attached hydrogens (tertiary/aromatic N) is 1. The van der Waals surface area contributed by atoms with Crippen molar-refractivity contribution in [2.75, 3.05) is 6.54 Å². The molecule has 1 aliphatic heterocycles. The van der Waals surface area contributed by atoms with E-state index in [1.54, 1.807) is 0 Å². The van der Waals surface area contributed by atoms with Gasteiger partial charge in [0.25, 0.3) is 0 Å². The van der Waals surface area contributed by atoms with E-state index in [0.717, 1.165) is 25.8 Å². The van der Waals surface area contributed by atoms with Crippen molar-refractivity contribution < 1.29 is 4.79 Å². The summed E-state index contributed by atoms with van der Waals surface area (Å²) in [7, 11) is 0. The largest absolute Gasteiger partial charge is 0.326 e. The third-order valence-electron chi connectivity index (χ3n) is 3.40. The number of unbranched alkanes of at least 4 members (excludes halogenated alkanes) is 1. The van der Waals surface area contributed by atoms with Crippen molar-refractivity contribution in [2.45, 2.75) is 59.2 Å². The van der Waals surface area contributed by atoms with E-state index in [-0.39, 0.29) is 12.2 Å². The molecule has 1 amide bonds. The van der Waals surface area contributed by atoms with Crippen molar-refractivity contribution in [3.05, 3.63) is 0 Å². The van der Waals surface area contributed by atoms with Crippen LogP contribution < -0.4 is 5.32 Å². The lowest BCUT2D eigenvalue weighted by Crippen LogP contribution is -2.35. The molecule has 15 heavy (non-hydrogen) atoms. The van der Waals surface area contributed by atoms with Gasteiger partial charge >= 0.3 is 0 Å². The molecule has 3 nitrogen and oxygen atoms in total. The second kappa shape index (κ2) is 5.50. The average Bonchev–Trinajstić information content (AvgIpc) is 2.51. The minimum atomic E-state index is 0.0434. The fraction of sp³-hybridized carbons (Fsp3) is 0.917. The Labute approximate surface area is 93.2 Å². The Hall–Kier alpha value is -0.570. The summed E-state index contributed by atoms with van der Waals surface area (Å²) < 4.78 is 0. The highest BCUT2D eigenvalue weighted by molar-refractivity contribution is 5.84. The first kappa shape index (κ1) is 12.5. The third kappa shape index (κ3) is 2.71. The van der Waals surface area contributed by atoms with Crippen LogP contribution in [0.3, 0.4) is 0 Å². The first-order valence-corrected chi connectivity index (χ1v) is 6.18. The zero-order chi connectivity index (χ0) is 11.4. The quantitative estimate of drug-likeness (QED) is 0.755.